The van der Waals surface area contributed by atoms with Gasteiger partial charge in [0, 0.05) is 19.2 Å². The van der Waals surface area contributed by atoms with Gasteiger partial charge in [-0.3, -0.25) is 9.59 Å². The average Bonchev–Trinajstić information content (AvgIpc) is 2.50. The standard InChI is InChI=1S/C11H11NO4/c13-5-1-4-12-9-6-7(14)2-3-8(9)10(15)11(12)16/h2-3,6,13-14H,1,4-5H2. The minimum atomic E-state index is -0.603. The number of aromatic hydroxyl groups is 1. The number of ketones is 1. The number of amides is 1. The molecule has 2 rings (SSSR count). The maximum Gasteiger partial charge on any atom is 0.299 e. The van der Waals surface area contributed by atoms with Gasteiger partial charge in [-0.1, -0.05) is 0 Å². The van der Waals surface area contributed by atoms with E-state index in [1.165, 1.54) is 23.1 Å². The Kier molecular flexibility index (Phi) is 2.62. The molecule has 1 aliphatic heterocycles. The second-order valence-electron chi connectivity index (χ2n) is 3.56. The number of carbonyl (C=O) groups excluding carboxylic acids is 2. The highest BCUT2D eigenvalue weighted by Gasteiger charge is 2.35. The maximum atomic E-state index is 11.6. The fourth-order valence-electron chi connectivity index (χ4n) is 1.73. The predicted octanol–water partition coefficient (Wildman–Crippen LogP) is 0.304. The molecule has 0 fully saturated rings. The van der Waals surface area contributed by atoms with Crippen LogP contribution >= 0.6 is 0 Å². The molecule has 1 aromatic rings. The molecule has 0 saturated carbocycles. The quantitative estimate of drug-likeness (QED) is 0.720. The Morgan fingerprint density at radius 1 is 1.25 bits per heavy atom. The largest absolute Gasteiger partial charge is 0.508 e. The fourth-order valence-corrected chi connectivity index (χ4v) is 1.73. The lowest BCUT2D eigenvalue weighted by molar-refractivity contribution is -0.114. The number of aliphatic hydroxyl groups excluding tert-OH is 1. The molecule has 84 valence electrons. The molecule has 0 radical (unpaired) electrons. The topological polar surface area (TPSA) is 77.8 Å². The summed E-state index contributed by atoms with van der Waals surface area (Å²) in [6.45, 7) is 0.226. The number of hydrogen-bond acceptors (Lipinski definition) is 4. The highest BCUT2D eigenvalue weighted by Crippen LogP contribution is 2.31. The summed E-state index contributed by atoms with van der Waals surface area (Å²) < 4.78 is 0. The van der Waals surface area contributed by atoms with Crippen LogP contribution in [0, 0.1) is 0 Å². The van der Waals surface area contributed by atoms with Gasteiger partial charge in [0.1, 0.15) is 5.75 Å². The number of benzene rings is 1. The zero-order valence-electron chi connectivity index (χ0n) is 8.51. The van der Waals surface area contributed by atoms with Crippen molar-refractivity contribution in [3.8, 4) is 5.75 Å². The van der Waals surface area contributed by atoms with Crippen LogP contribution in [0.15, 0.2) is 18.2 Å². The van der Waals surface area contributed by atoms with Gasteiger partial charge in [-0.15, -0.1) is 0 Å². The smallest absolute Gasteiger partial charge is 0.299 e. The summed E-state index contributed by atoms with van der Waals surface area (Å²) in [5, 5.41) is 18.0. The van der Waals surface area contributed by atoms with E-state index in [2.05, 4.69) is 0 Å². The van der Waals surface area contributed by atoms with Crippen LogP contribution in [0.2, 0.25) is 0 Å². The van der Waals surface area contributed by atoms with Crippen molar-refractivity contribution in [3.05, 3.63) is 23.8 Å². The van der Waals surface area contributed by atoms with E-state index >= 15 is 0 Å². The number of Topliss-reactive ketones (excluding diaryl/α,β-unsaturated/α-hetero) is 1. The van der Waals surface area contributed by atoms with Crippen LogP contribution in [0.5, 0.6) is 5.75 Å². The van der Waals surface area contributed by atoms with Crippen LogP contribution in [0.25, 0.3) is 0 Å². The first-order valence-electron chi connectivity index (χ1n) is 4.95. The summed E-state index contributed by atoms with van der Waals surface area (Å²) in [6.07, 6.45) is 0.397. The first-order chi connectivity index (χ1) is 7.65. The van der Waals surface area contributed by atoms with Gasteiger partial charge < -0.3 is 15.1 Å². The first kappa shape index (κ1) is 10.6. The first-order valence-corrected chi connectivity index (χ1v) is 4.95. The number of anilines is 1. The lowest BCUT2D eigenvalue weighted by Gasteiger charge is -2.15. The third-order valence-electron chi connectivity index (χ3n) is 2.50. The summed E-state index contributed by atoms with van der Waals surface area (Å²) in [4.78, 5) is 24.4. The van der Waals surface area contributed by atoms with Gasteiger partial charge in [0.05, 0.1) is 11.3 Å². The van der Waals surface area contributed by atoms with Crippen LogP contribution in [-0.2, 0) is 4.79 Å². The van der Waals surface area contributed by atoms with E-state index in [-0.39, 0.29) is 18.9 Å². The Bertz CT molecular complexity index is 455. The Labute approximate surface area is 91.9 Å². The van der Waals surface area contributed by atoms with E-state index in [0.717, 1.165) is 0 Å². The van der Waals surface area contributed by atoms with E-state index in [9.17, 15) is 14.7 Å². The second kappa shape index (κ2) is 3.94. The fraction of sp³-hybridized carbons (Fsp3) is 0.273. The molecule has 0 spiro atoms. The van der Waals surface area contributed by atoms with Crippen LogP contribution in [0.1, 0.15) is 16.8 Å². The number of fused-ring (bicyclic) bond motifs is 1. The third-order valence-corrected chi connectivity index (χ3v) is 2.50. The molecule has 1 aromatic carbocycles. The van der Waals surface area contributed by atoms with Crippen molar-refractivity contribution in [2.75, 3.05) is 18.1 Å². The molecule has 0 saturated heterocycles. The highest BCUT2D eigenvalue weighted by atomic mass is 16.3. The number of rotatable bonds is 3. The molecular formula is C11H11NO4. The molecule has 0 aliphatic carbocycles. The average molecular weight is 221 g/mol. The molecule has 0 atom stereocenters. The molecule has 5 heteroatoms. The highest BCUT2D eigenvalue weighted by molar-refractivity contribution is 6.52. The van der Waals surface area contributed by atoms with Crippen molar-refractivity contribution >= 4 is 17.4 Å². The predicted molar refractivity (Wildman–Crippen MR) is 56.5 cm³/mol. The van der Waals surface area contributed by atoms with Crippen LogP contribution < -0.4 is 4.90 Å². The summed E-state index contributed by atoms with van der Waals surface area (Å²) >= 11 is 0. The number of nitrogens with zero attached hydrogens (tertiary/aromatic N) is 1. The molecule has 2 N–H and O–H groups in total. The van der Waals surface area contributed by atoms with Crippen LogP contribution in [0.3, 0.4) is 0 Å². The molecule has 0 aromatic heterocycles. The van der Waals surface area contributed by atoms with Crippen molar-refractivity contribution < 1.29 is 19.8 Å². The van der Waals surface area contributed by atoms with E-state index < -0.39 is 11.7 Å². The molecule has 16 heavy (non-hydrogen) atoms. The van der Waals surface area contributed by atoms with E-state index in [4.69, 9.17) is 5.11 Å². The minimum absolute atomic E-state index is 0.00949. The van der Waals surface area contributed by atoms with Gasteiger partial charge in [0.2, 0.25) is 0 Å². The Morgan fingerprint density at radius 3 is 2.69 bits per heavy atom. The van der Waals surface area contributed by atoms with E-state index in [1.807, 2.05) is 0 Å². The maximum absolute atomic E-state index is 11.6. The molecule has 0 unspecified atom stereocenters. The van der Waals surface area contributed by atoms with Crippen molar-refractivity contribution in [1.82, 2.24) is 0 Å². The number of aliphatic hydroxyl groups is 1. The monoisotopic (exact) mass is 221 g/mol. The van der Waals surface area contributed by atoms with Crippen LogP contribution in [-0.4, -0.2) is 35.1 Å². The second-order valence-corrected chi connectivity index (χ2v) is 3.56. The molecule has 1 aliphatic rings. The van der Waals surface area contributed by atoms with Gasteiger partial charge in [0.15, 0.2) is 0 Å². The van der Waals surface area contributed by atoms with Gasteiger partial charge in [0.25, 0.3) is 11.7 Å². The van der Waals surface area contributed by atoms with Gasteiger partial charge in [-0.05, 0) is 18.6 Å². The molecule has 1 heterocycles. The Morgan fingerprint density at radius 2 is 2.00 bits per heavy atom. The molecule has 0 bridgehead atoms. The molecule has 1 amide bonds. The number of carbonyl (C=O) groups is 2. The SMILES string of the molecule is O=C1C(=O)N(CCCO)c2cc(O)ccc21. The summed E-state index contributed by atoms with van der Waals surface area (Å²) in [5.74, 6) is -1.16. The van der Waals surface area contributed by atoms with Crippen molar-refractivity contribution in [3.63, 3.8) is 0 Å². The van der Waals surface area contributed by atoms with Crippen molar-refractivity contribution in [2.45, 2.75) is 6.42 Å². The van der Waals surface area contributed by atoms with E-state index in [1.54, 1.807) is 0 Å². The summed E-state index contributed by atoms with van der Waals surface area (Å²) in [7, 11) is 0. The Balaban J connectivity index is 2.39. The van der Waals surface area contributed by atoms with Gasteiger partial charge in [-0.25, -0.2) is 0 Å². The number of hydrogen-bond donors (Lipinski definition) is 2. The Hall–Kier alpha value is -1.88. The van der Waals surface area contributed by atoms with Gasteiger partial charge in [-0.2, -0.15) is 0 Å². The minimum Gasteiger partial charge on any atom is -0.508 e. The van der Waals surface area contributed by atoms with Gasteiger partial charge >= 0.3 is 0 Å². The lowest BCUT2D eigenvalue weighted by atomic mass is 10.1. The molecular weight excluding hydrogens is 210 g/mol. The van der Waals surface area contributed by atoms with Crippen molar-refractivity contribution in [1.29, 1.82) is 0 Å². The lowest BCUT2D eigenvalue weighted by Crippen LogP contribution is -2.31. The van der Waals surface area contributed by atoms with Crippen LogP contribution in [0.4, 0.5) is 5.69 Å². The molecule has 5 nitrogen and oxygen atoms in total. The normalized spacial score (nSPS) is 14.4. The third kappa shape index (κ3) is 1.55. The van der Waals surface area contributed by atoms with Crippen molar-refractivity contribution in [2.24, 2.45) is 0 Å². The summed E-state index contributed by atoms with van der Waals surface area (Å²) in [6, 6.07) is 4.19. The zero-order valence-corrected chi connectivity index (χ0v) is 8.51. The summed E-state index contributed by atoms with van der Waals surface area (Å²) in [5.41, 5.74) is 0.726. The number of phenolic OH excluding ortho intramolecular Hbond substituents is 1. The van der Waals surface area contributed by atoms with E-state index in [0.29, 0.717) is 17.7 Å². The number of phenols is 1. The zero-order chi connectivity index (χ0) is 11.7.